The molecule has 0 aliphatic heterocycles. The van der Waals surface area contributed by atoms with Crippen LogP contribution in [0.25, 0.3) is 17.2 Å². The molecule has 3 aromatic heterocycles. The van der Waals surface area contributed by atoms with Crippen LogP contribution in [0.3, 0.4) is 0 Å². The van der Waals surface area contributed by atoms with Gasteiger partial charge >= 0.3 is 0 Å². The number of hydrogen-bond acceptors (Lipinski definition) is 4. The van der Waals surface area contributed by atoms with Gasteiger partial charge in [0.15, 0.2) is 5.69 Å². The van der Waals surface area contributed by atoms with Gasteiger partial charge in [0, 0.05) is 10.7 Å². The number of imidazole rings is 1. The van der Waals surface area contributed by atoms with Gasteiger partial charge in [0.2, 0.25) is 11.8 Å². The first-order valence-electron chi connectivity index (χ1n) is 7.32. The van der Waals surface area contributed by atoms with E-state index in [0.29, 0.717) is 23.0 Å². The van der Waals surface area contributed by atoms with Gasteiger partial charge in [0.05, 0.1) is 6.42 Å². The Morgan fingerprint density at radius 3 is 2.67 bits per heavy atom. The van der Waals surface area contributed by atoms with Crippen LogP contribution in [0, 0.1) is 12.9 Å². The third-order valence-electron chi connectivity index (χ3n) is 3.72. The molecule has 0 unspecified atom stereocenters. The SMILES string of the molecule is Cc1cccc2nc(-c3nnc(Cc4ccc(Cl)cc4)o3)c(F)n12. The summed E-state index contributed by atoms with van der Waals surface area (Å²) in [5, 5.41) is 8.57. The van der Waals surface area contributed by atoms with Crippen LogP contribution in [0.2, 0.25) is 5.02 Å². The molecule has 5 nitrogen and oxygen atoms in total. The number of pyridine rings is 1. The lowest BCUT2D eigenvalue weighted by molar-refractivity contribution is 0.507. The summed E-state index contributed by atoms with van der Waals surface area (Å²) in [5.41, 5.74) is 2.27. The standard InChI is InChI=1S/C17H12ClFN4O/c1-10-3-2-4-13-20-15(16(19)23(10)13)17-22-21-14(24-17)9-11-5-7-12(18)8-6-11/h2-8H,9H2,1H3. The Kier molecular flexibility index (Phi) is 3.54. The number of aryl methyl sites for hydroxylation is 1. The molecule has 0 radical (unpaired) electrons. The fourth-order valence-corrected chi connectivity index (χ4v) is 2.67. The van der Waals surface area contributed by atoms with Crippen LogP contribution in [-0.4, -0.2) is 19.6 Å². The molecule has 0 aliphatic rings. The van der Waals surface area contributed by atoms with E-state index in [1.807, 2.05) is 18.2 Å². The second-order valence-electron chi connectivity index (χ2n) is 5.42. The van der Waals surface area contributed by atoms with Crippen molar-refractivity contribution in [3.8, 4) is 11.6 Å². The normalized spacial score (nSPS) is 11.3. The van der Waals surface area contributed by atoms with Gasteiger partial charge in [0.1, 0.15) is 5.65 Å². The molecule has 3 heterocycles. The molecule has 1 aromatic carbocycles. The molecule has 0 atom stereocenters. The third kappa shape index (κ3) is 2.55. The first-order valence-corrected chi connectivity index (χ1v) is 7.70. The van der Waals surface area contributed by atoms with Gasteiger partial charge in [-0.2, -0.15) is 4.39 Å². The summed E-state index contributed by atoms with van der Waals surface area (Å²) >= 11 is 5.86. The van der Waals surface area contributed by atoms with E-state index in [0.717, 1.165) is 11.3 Å². The Hall–Kier alpha value is -2.73. The Balaban J connectivity index is 1.69. The van der Waals surface area contributed by atoms with Gasteiger partial charge < -0.3 is 4.42 Å². The van der Waals surface area contributed by atoms with Crippen LogP contribution in [0.1, 0.15) is 17.1 Å². The van der Waals surface area contributed by atoms with Crippen molar-refractivity contribution < 1.29 is 8.81 Å². The maximum atomic E-state index is 14.6. The van der Waals surface area contributed by atoms with Crippen molar-refractivity contribution in [3.63, 3.8) is 0 Å². The summed E-state index contributed by atoms with van der Waals surface area (Å²) < 4.78 is 21.6. The summed E-state index contributed by atoms with van der Waals surface area (Å²) in [6.07, 6.45) is 0.443. The Bertz CT molecular complexity index is 1020. The van der Waals surface area contributed by atoms with E-state index in [1.165, 1.54) is 4.40 Å². The van der Waals surface area contributed by atoms with Crippen molar-refractivity contribution >= 4 is 17.2 Å². The smallest absolute Gasteiger partial charge is 0.271 e. The lowest BCUT2D eigenvalue weighted by Crippen LogP contribution is -1.93. The van der Waals surface area contributed by atoms with Gasteiger partial charge in [-0.25, -0.2) is 4.98 Å². The van der Waals surface area contributed by atoms with Crippen LogP contribution in [0.5, 0.6) is 0 Å². The van der Waals surface area contributed by atoms with Crippen molar-refractivity contribution in [1.82, 2.24) is 19.6 Å². The monoisotopic (exact) mass is 342 g/mol. The Morgan fingerprint density at radius 1 is 1.12 bits per heavy atom. The summed E-state index contributed by atoms with van der Waals surface area (Å²) in [6.45, 7) is 1.81. The zero-order valence-electron chi connectivity index (χ0n) is 12.7. The largest absolute Gasteiger partial charge is 0.419 e. The van der Waals surface area contributed by atoms with E-state index in [1.54, 1.807) is 31.2 Å². The van der Waals surface area contributed by atoms with Crippen LogP contribution in [-0.2, 0) is 6.42 Å². The molecule has 4 aromatic rings. The number of benzene rings is 1. The predicted octanol–water partition coefficient (Wildman–Crippen LogP) is 4.08. The highest BCUT2D eigenvalue weighted by atomic mass is 35.5. The van der Waals surface area contributed by atoms with E-state index < -0.39 is 5.95 Å². The van der Waals surface area contributed by atoms with Crippen molar-refractivity contribution in [1.29, 1.82) is 0 Å². The van der Waals surface area contributed by atoms with Crippen LogP contribution >= 0.6 is 11.6 Å². The first kappa shape index (κ1) is 14.8. The molecule has 24 heavy (non-hydrogen) atoms. The summed E-state index contributed by atoms with van der Waals surface area (Å²) in [6, 6.07) is 12.7. The molecule has 7 heteroatoms. The second-order valence-corrected chi connectivity index (χ2v) is 5.85. The molecule has 0 fully saturated rings. The van der Waals surface area contributed by atoms with Crippen molar-refractivity contribution in [2.75, 3.05) is 0 Å². The molecule has 120 valence electrons. The summed E-state index contributed by atoms with van der Waals surface area (Å²) in [7, 11) is 0. The fraction of sp³-hybridized carbons (Fsp3) is 0.118. The van der Waals surface area contributed by atoms with Crippen molar-refractivity contribution in [2.45, 2.75) is 13.3 Å². The number of fused-ring (bicyclic) bond motifs is 1. The number of hydrogen-bond donors (Lipinski definition) is 0. The van der Waals surface area contributed by atoms with Gasteiger partial charge in [-0.15, -0.1) is 10.2 Å². The lowest BCUT2D eigenvalue weighted by Gasteiger charge is -1.98. The fourth-order valence-electron chi connectivity index (χ4n) is 2.55. The van der Waals surface area contributed by atoms with Crippen LogP contribution in [0.15, 0.2) is 46.9 Å². The van der Waals surface area contributed by atoms with Crippen LogP contribution < -0.4 is 0 Å². The van der Waals surface area contributed by atoms with E-state index in [9.17, 15) is 4.39 Å². The minimum absolute atomic E-state index is 0.0548. The zero-order chi connectivity index (χ0) is 16.7. The number of halogens is 2. The molecule has 0 spiro atoms. The molecule has 0 saturated heterocycles. The maximum absolute atomic E-state index is 14.6. The molecule has 0 bridgehead atoms. The highest BCUT2D eigenvalue weighted by molar-refractivity contribution is 6.30. The van der Waals surface area contributed by atoms with E-state index in [2.05, 4.69) is 15.2 Å². The van der Waals surface area contributed by atoms with Gasteiger partial charge in [0.25, 0.3) is 5.89 Å². The van der Waals surface area contributed by atoms with E-state index in [4.69, 9.17) is 16.0 Å². The zero-order valence-corrected chi connectivity index (χ0v) is 13.5. The highest BCUT2D eigenvalue weighted by Gasteiger charge is 2.20. The number of aromatic nitrogens is 4. The van der Waals surface area contributed by atoms with Crippen LogP contribution in [0.4, 0.5) is 4.39 Å². The Morgan fingerprint density at radius 2 is 1.92 bits per heavy atom. The van der Waals surface area contributed by atoms with E-state index in [-0.39, 0.29) is 11.6 Å². The minimum atomic E-state index is -0.509. The second kappa shape index (κ2) is 5.72. The molecular formula is C17H12ClFN4O. The van der Waals surface area contributed by atoms with Gasteiger partial charge in [-0.3, -0.25) is 4.40 Å². The average molecular weight is 343 g/mol. The highest BCUT2D eigenvalue weighted by Crippen LogP contribution is 2.24. The quantitative estimate of drug-likeness (QED) is 0.563. The van der Waals surface area contributed by atoms with Gasteiger partial charge in [-0.05, 0) is 36.8 Å². The topological polar surface area (TPSA) is 56.2 Å². The molecule has 0 aliphatic carbocycles. The maximum Gasteiger partial charge on any atom is 0.271 e. The minimum Gasteiger partial charge on any atom is -0.419 e. The van der Waals surface area contributed by atoms with Gasteiger partial charge in [-0.1, -0.05) is 29.8 Å². The average Bonchev–Trinajstić information content (AvgIpc) is 3.15. The predicted molar refractivity (Wildman–Crippen MR) is 87.4 cm³/mol. The third-order valence-corrected chi connectivity index (χ3v) is 3.97. The molecule has 0 saturated carbocycles. The van der Waals surface area contributed by atoms with Crippen molar-refractivity contribution in [3.05, 3.63) is 70.6 Å². The Labute approximate surface area is 141 Å². The molecule has 0 N–H and O–H groups in total. The lowest BCUT2D eigenvalue weighted by atomic mass is 10.1. The summed E-state index contributed by atoms with van der Waals surface area (Å²) in [5.74, 6) is -0.0511. The first-order chi connectivity index (χ1) is 11.6. The molecule has 4 rings (SSSR count). The number of rotatable bonds is 3. The van der Waals surface area contributed by atoms with Crippen molar-refractivity contribution in [2.24, 2.45) is 0 Å². The molecular weight excluding hydrogens is 331 g/mol. The summed E-state index contributed by atoms with van der Waals surface area (Å²) in [4.78, 5) is 4.25. The number of nitrogens with zero attached hydrogens (tertiary/aromatic N) is 4. The van der Waals surface area contributed by atoms with E-state index >= 15 is 0 Å². The molecule has 0 amide bonds.